The topological polar surface area (TPSA) is 12.5 Å². The zero-order valence-electron chi connectivity index (χ0n) is 10.1. The molecule has 0 radical (unpaired) electrons. The lowest BCUT2D eigenvalue weighted by atomic mass is 9.93. The zero-order chi connectivity index (χ0) is 15.4. The van der Waals surface area contributed by atoms with Crippen molar-refractivity contribution in [3.63, 3.8) is 0 Å². The minimum absolute atomic E-state index is 0.212. The first-order chi connectivity index (χ1) is 8.91. The van der Waals surface area contributed by atoms with E-state index in [0.717, 1.165) is 0 Å². The third-order valence-electron chi connectivity index (χ3n) is 3.44. The number of ether oxygens (including phenoxy) is 1. The standard InChI is InChI=1S/C11H12F8O/c12-8(13,3-6-1-2-6)10(16,17)11(18,19)9(14,15)4-7-5-20-7/h6-7H,1-5H2. The highest BCUT2D eigenvalue weighted by Gasteiger charge is 2.80. The highest BCUT2D eigenvalue weighted by molar-refractivity contribution is 5.05. The second kappa shape index (κ2) is 4.45. The number of hydrogen-bond donors (Lipinski definition) is 0. The first-order valence-corrected chi connectivity index (χ1v) is 6.03. The van der Waals surface area contributed by atoms with Crippen molar-refractivity contribution in [3.8, 4) is 0 Å². The van der Waals surface area contributed by atoms with Crippen LogP contribution >= 0.6 is 0 Å². The van der Waals surface area contributed by atoms with E-state index in [2.05, 4.69) is 4.74 Å². The highest BCUT2D eigenvalue weighted by Crippen LogP contribution is 2.57. The molecule has 1 heterocycles. The molecule has 2 fully saturated rings. The molecule has 1 saturated carbocycles. The molecule has 0 aromatic carbocycles. The van der Waals surface area contributed by atoms with Crippen molar-refractivity contribution in [2.45, 2.75) is 55.5 Å². The quantitative estimate of drug-likeness (QED) is 0.509. The summed E-state index contributed by atoms with van der Waals surface area (Å²) < 4.78 is 110. The van der Waals surface area contributed by atoms with Crippen LogP contribution in [0, 0.1) is 5.92 Å². The van der Waals surface area contributed by atoms with Crippen molar-refractivity contribution in [2.75, 3.05) is 6.61 Å². The molecule has 0 aromatic rings. The van der Waals surface area contributed by atoms with Crippen molar-refractivity contribution >= 4 is 0 Å². The maximum absolute atomic E-state index is 13.3. The Morgan fingerprint density at radius 1 is 0.750 bits per heavy atom. The van der Waals surface area contributed by atoms with E-state index in [0.29, 0.717) is 0 Å². The molecule has 1 atom stereocenters. The summed E-state index contributed by atoms with van der Waals surface area (Å²) >= 11 is 0. The van der Waals surface area contributed by atoms with Gasteiger partial charge in [-0.1, -0.05) is 0 Å². The van der Waals surface area contributed by atoms with Crippen LogP contribution in [-0.4, -0.2) is 36.4 Å². The second-order valence-electron chi connectivity index (χ2n) is 5.36. The molecule has 20 heavy (non-hydrogen) atoms. The molecule has 118 valence electrons. The average molecular weight is 312 g/mol. The molecule has 0 bridgehead atoms. The van der Waals surface area contributed by atoms with E-state index in [-0.39, 0.29) is 19.4 Å². The van der Waals surface area contributed by atoms with Gasteiger partial charge in [0.15, 0.2) is 0 Å². The average Bonchev–Trinajstić information content (AvgIpc) is 3.13. The molecule has 2 aliphatic rings. The van der Waals surface area contributed by atoms with Crippen LogP contribution in [0.2, 0.25) is 0 Å². The predicted molar refractivity (Wildman–Crippen MR) is 51.5 cm³/mol. The van der Waals surface area contributed by atoms with Gasteiger partial charge in [0.25, 0.3) is 0 Å². The smallest absolute Gasteiger partial charge is 0.373 e. The lowest BCUT2D eigenvalue weighted by Gasteiger charge is -2.36. The predicted octanol–water partition coefficient (Wildman–Crippen LogP) is 4.12. The van der Waals surface area contributed by atoms with E-state index in [9.17, 15) is 35.1 Å². The fourth-order valence-electron chi connectivity index (χ4n) is 1.87. The molecule has 1 aliphatic carbocycles. The molecule has 0 aromatic heterocycles. The molecule has 1 unspecified atom stereocenters. The summed E-state index contributed by atoms with van der Waals surface area (Å²) in [6, 6.07) is 0. The van der Waals surface area contributed by atoms with Crippen LogP contribution in [0.5, 0.6) is 0 Å². The van der Waals surface area contributed by atoms with Crippen LogP contribution < -0.4 is 0 Å². The Morgan fingerprint density at radius 3 is 1.50 bits per heavy atom. The van der Waals surface area contributed by atoms with Gasteiger partial charge < -0.3 is 4.74 Å². The third kappa shape index (κ3) is 2.60. The van der Waals surface area contributed by atoms with Crippen molar-refractivity contribution < 1.29 is 39.9 Å². The SMILES string of the molecule is FC(F)(CC1CC1)C(F)(F)C(F)(F)C(F)(F)CC1CO1. The minimum Gasteiger partial charge on any atom is -0.373 e. The van der Waals surface area contributed by atoms with Crippen LogP contribution in [-0.2, 0) is 4.74 Å². The molecule has 2 rings (SSSR count). The van der Waals surface area contributed by atoms with Crippen molar-refractivity contribution in [3.05, 3.63) is 0 Å². The summed E-state index contributed by atoms with van der Waals surface area (Å²) in [5.41, 5.74) is 0. The van der Waals surface area contributed by atoms with Gasteiger partial charge >= 0.3 is 23.7 Å². The van der Waals surface area contributed by atoms with Crippen LogP contribution in [0.15, 0.2) is 0 Å². The third-order valence-corrected chi connectivity index (χ3v) is 3.44. The van der Waals surface area contributed by atoms with Gasteiger partial charge in [0.2, 0.25) is 0 Å². The van der Waals surface area contributed by atoms with Gasteiger partial charge in [0.1, 0.15) is 0 Å². The van der Waals surface area contributed by atoms with Crippen molar-refractivity contribution in [1.29, 1.82) is 0 Å². The number of rotatable bonds is 7. The molecule has 0 amide bonds. The van der Waals surface area contributed by atoms with E-state index in [1.807, 2.05) is 0 Å². The largest absolute Gasteiger partial charge is 0.378 e. The van der Waals surface area contributed by atoms with Gasteiger partial charge in [-0.3, -0.25) is 0 Å². The lowest BCUT2D eigenvalue weighted by Crippen LogP contribution is -2.62. The highest BCUT2D eigenvalue weighted by atomic mass is 19.4. The normalized spacial score (nSPS) is 24.9. The summed E-state index contributed by atoms with van der Waals surface area (Å²) in [5.74, 6) is -23.5. The maximum Gasteiger partial charge on any atom is 0.378 e. The molecular weight excluding hydrogens is 300 g/mol. The summed E-state index contributed by atoms with van der Waals surface area (Å²) in [5, 5.41) is 0. The number of halogens is 8. The summed E-state index contributed by atoms with van der Waals surface area (Å²) in [6.07, 6.45) is -4.07. The van der Waals surface area contributed by atoms with E-state index in [1.54, 1.807) is 0 Å². The van der Waals surface area contributed by atoms with E-state index in [4.69, 9.17) is 0 Å². The van der Waals surface area contributed by atoms with Crippen molar-refractivity contribution in [2.24, 2.45) is 5.92 Å². The molecule has 0 N–H and O–H groups in total. The fourth-order valence-corrected chi connectivity index (χ4v) is 1.87. The fraction of sp³-hybridized carbons (Fsp3) is 1.00. The second-order valence-corrected chi connectivity index (χ2v) is 5.36. The Morgan fingerprint density at radius 2 is 1.15 bits per heavy atom. The van der Waals surface area contributed by atoms with Gasteiger partial charge in [-0.2, -0.15) is 35.1 Å². The van der Waals surface area contributed by atoms with E-state index >= 15 is 0 Å². The molecule has 0 spiro atoms. The number of epoxide rings is 1. The van der Waals surface area contributed by atoms with Crippen LogP contribution in [0.1, 0.15) is 25.7 Å². The minimum atomic E-state index is -6.13. The van der Waals surface area contributed by atoms with Gasteiger partial charge in [-0.25, -0.2) is 0 Å². The molecule has 1 saturated heterocycles. The molecule has 1 aliphatic heterocycles. The summed E-state index contributed by atoms with van der Waals surface area (Å²) in [6.45, 7) is -0.268. The molecule has 9 heteroatoms. The first-order valence-electron chi connectivity index (χ1n) is 6.03. The Labute approximate surface area is 109 Å². The maximum atomic E-state index is 13.3. The lowest BCUT2D eigenvalue weighted by molar-refractivity contribution is -0.368. The Bertz CT molecular complexity index is 337. The number of hydrogen-bond acceptors (Lipinski definition) is 1. The van der Waals surface area contributed by atoms with Gasteiger partial charge in [-0.05, 0) is 18.8 Å². The Balaban J connectivity index is 2.19. The zero-order valence-corrected chi connectivity index (χ0v) is 10.1. The van der Waals surface area contributed by atoms with Crippen molar-refractivity contribution in [1.82, 2.24) is 0 Å². The van der Waals surface area contributed by atoms with Crippen LogP contribution in [0.25, 0.3) is 0 Å². The number of alkyl halides is 8. The van der Waals surface area contributed by atoms with Gasteiger partial charge in [-0.15, -0.1) is 0 Å². The van der Waals surface area contributed by atoms with Crippen LogP contribution in [0.3, 0.4) is 0 Å². The Hall–Kier alpha value is -0.600. The summed E-state index contributed by atoms with van der Waals surface area (Å²) in [4.78, 5) is 0. The van der Waals surface area contributed by atoms with Gasteiger partial charge in [0, 0.05) is 12.8 Å². The molecule has 1 nitrogen and oxygen atoms in total. The van der Waals surface area contributed by atoms with E-state index in [1.165, 1.54) is 0 Å². The van der Waals surface area contributed by atoms with Gasteiger partial charge in [0.05, 0.1) is 12.7 Å². The van der Waals surface area contributed by atoms with E-state index < -0.39 is 48.6 Å². The first kappa shape index (κ1) is 15.8. The Kier molecular flexibility index (Phi) is 3.51. The van der Waals surface area contributed by atoms with Crippen LogP contribution in [0.4, 0.5) is 35.1 Å². The monoisotopic (exact) mass is 312 g/mol. The molecular formula is C11H12F8O. The summed E-state index contributed by atoms with van der Waals surface area (Å²) in [7, 11) is 0.